The minimum absolute atomic E-state index is 0.363. The Morgan fingerprint density at radius 2 is 1.96 bits per heavy atom. The van der Waals surface area contributed by atoms with Gasteiger partial charge in [-0.2, -0.15) is 0 Å². The number of rotatable bonds is 4. The monoisotopic (exact) mass is 338 g/mol. The number of imidazole rings is 1. The molecule has 0 fully saturated rings. The Balaban J connectivity index is 1.83. The maximum absolute atomic E-state index is 13.6. The van der Waals surface area contributed by atoms with Crippen LogP contribution in [0, 0.1) is 12.7 Å². The second kappa shape index (κ2) is 7.17. The molecule has 0 unspecified atom stereocenters. The fourth-order valence-electron chi connectivity index (χ4n) is 2.57. The van der Waals surface area contributed by atoms with E-state index in [4.69, 9.17) is 0 Å². The lowest BCUT2D eigenvalue weighted by Gasteiger charge is -2.19. The van der Waals surface area contributed by atoms with Crippen LogP contribution in [0.5, 0.6) is 0 Å². The van der Waals surface area contributed by atoms with Crippen LogP contribution in [0.3, 0.4) is 0 Å². The first-order valence-electron chi connectivity index (χ1n) is 7.90. The lowest BCUT2D eigenvalue weighted by atomic mass is 10.1. The first-order chi connectivity index (χ1) is 12.0. The van der Waals surface area contributed by atoms with E-state index >= 15 is 0 Å². The van der Waals surface area contributed by atoms with Gasteiger partial charge in [-0.25, -0.2) is 14.2 Å². The molecule has 128 valence electrons. The predicted octanol–water partition coefficient (Wildman–Crippen LogP) is 3.78. The molecule has 1 heterocycles. The van der Waals surface area contributed by atoms with Crippen molar-refractivity contribution < 1.29 is 9.18 Å². The molecule has 6 heteroatoms. The number of carbonyl (C=O) groups excluding carboxylic acids is 1. The highest BCUT2D eigenvalue weighted by Gasteiger charge is 2.21. The summed E-state index contributed by atoms with van der Waals surface area (Å²) >= 11 is 0. The molecule has 25 heavy (non-hydrogen) atoms. The SMILES string of the molecule is Cc1ccc(NC(=O)N[C@@H](c2cccc(F)c2)c2nccn2C)cc1. The van der Waals surface area contributed by atoms with Crippen molar-refractivity contribution in [2.45, 2.75) is 13.0 Å². The van der Waals surface area contributed by atoms with Crippen molar-refractivity contribution in [1.82, 2.24) is 14.9 Å². The maximum atomic E-state index is 13.6. The van der Waals surface area contributed by atoms with E-state index in [-0.39, 0.29) is 11.8 Å². The Morgan fingerprint density at radius 3 is 2.60 bits per heavy atom. The number of amides is 2. The average molecular weight is 338 g/mol. The largest absolute Gasteiger partial charge is 0.336 e. The van der Waals surface area contributed by atoms with Crippen LogP contribution in [0.2, 0.25) is 0 Å². The molecule has 0 aliphatic carbocycles. The molecule has 3 rings (SSSR count). The molecule has 0 aliphatic heterocycles. The molecule has 0 spiro atoms. The molecule has 5 nitrogen and oxygen atoms in total. The topological polar surface area (TPSA) is 59.0 Å². The third-order valence-electron chi connectivity index (χ3n) is 3.88. The second-order valence-corrected chi connectivity index (χ2v) is 5.85. The van der Waals surface area contributed by atoms with Crippen molar-refractivity contribution in [3.8, 4) is 0 Å². The van der Waals surface area contributed by atoms with Gasteiger partial charge in [0.15, 0.2) is 0 Å². The number of urea groups is 1. The Bertz CT molecular complexity index is 873. The fraction of sp³-hybridized carbons (Fsp3) is 0.158. The molecule has 0 saturated heterocycles. The van der Waals surface area contributed by atoms with Crippen molar-refractivity contribution in [2.24, 2.45) is 7.05 Å². The van der Waals surface area contributed by atoms with Gasteiger partial charge in [-0.15, -0.1) is 0 Å². The lowest BCUT2D eigenvalue weighted by Crippen LogP contribution is -2.34. The van der Waals surface area contributed by atoms with Gasteiger partial charge in [0.05, 0.1) is 0 Å². The molecule has 3 aromatic rings. The summed E-state index contributed by atoms with van der Waals surface area (Å²) in [5, 5.41) is 5.65. The number of carbonyl (C=O) groups is 1. The van der Waals surface area contributed by atoms with Crippen molar-refractivity contribution in [3.63, 3.8) is 0 Å². The van der Waals surface area contributed by atoms with Crippen molar-refractivity contribution in [2.75, 3.05) is 5.32 Å². The van der Waals surface area contributed by atoms with Crippen LogP contribution in [0.1, 0.15) is 23.0 Å². The summed E-state index contributed by atoms with van der Waals surface area (Å²) < 4.78 is 15.4. The maximum Gasteiger partial charge on any atom is 0.320 e. The number of benzene rings is 2. The smallest absolute Gasteiger partial charge is 0.320 e. The van der Waals surface area contributed by atoms with E-state index in [2.05, 4.69) is 15.6 Å². The molecular formula is C19H19FN4O. The number of aromatic nitrogens is 2. The van der Waals surface area contributed by atoms with Gasteiger partial charge >= 0.3 is 6.03 Å². The number of nitrogens with one attached hydrogen (secondary N) is 2. The minimum Gasteiger partial charge on any atom is -0.336 e. The van der Waals surface area contributed by atoms with Crippen LogP contribution >= 0.6 is 0 Å². The van der Waals surface area contributed by atoms with Crippen molar-refractivity contribution in [1.29, 1.82) is 0 Å². The molecule has 1 aromatic heterocycles. The van der Waals surface area contributed by atoms with Crippen molar-refractivity contribution in [3.05, 3.63) is 83.7 Å². The van der Waals surface area contributed by atoms with Crippen LogP contribution in [-0.2, 0) is 7.05 Å². The van der Waals surface area contributed by atoms with Gasteiger partial charge in [0, 0.05) is 25.1 Å². The van der Waals surface area contributed by atoms with E-state index in [0.29, 0.717) is 17.1 Å². The third kappa shape index (κ3) is 4.03. The first-order valence-corrected chi connectivity index (χ1v) is 7.90. The quantitative estimate of drug-likeness (QED) is 0.760. The highest BCUT2D eigenvalue weighted by Crippen LogP contribution is 2.21. The average Bonchev–Trinajstić information content (AvgIpc) is 3.00. The summed E-state index contributed by atoms with van der Waals surface area (Å²) in [6.07, 6.45) is 3.42. The number of aryl methyl sites for hydroxylation is 2. The minimum atomic E-state index is -0.568. The summed E-state index contributed by atoms with van der Waals surface area (Å²) in [5.74, 6) is 0.252. The second-order valence-electron chi connectivity index (χ2n) is 5.85. The Kier molecular flexibility index (Phi) is 4.79. The Hall–Kier alpha value is -3.15. The molecule has 2 N–H and O–H groups in total. The van der Waals surface area contributed by atoms with Crippen molar-refractivity contribution >= 4 is 11.7 Å². The molecule has 0 saturated carbocycles. The molecule has 0 bridgehead atoms. The predicted molar refractivity (Wildman–Crippen MR) is 94.8 cm³/mol. The summed E-state index contributed by atoms with van der Waals surface area (Å²) in [7, 11) is 1.83. The van der Waals surface area contributed by atoms with Gasteiger partial charge < -0.3 is 15.2 Å². The summed E-state index contributed by atoms with van der Waals surface area (Å²) in [4.78, 5) is 16.7. The van der Waals surface area contributed by atoms with E-state index in [9.17, 15) is 9.18 Å². The third-order valence-corrected chi connectivity index (χ3v) is 3.88. The normalized spacial score (nSPS) is 11.8. The van der Waals surface area contributed by atoms with Gasteiger partial charge in [-0.05, 0) is 36.8 Å². The van der Waals surface area contributed by atoms with E-state index in [1.807, 2.05) is 38.2 Å². The zero-order valence-electron chi connectivity index (χ0n) is 14.0. The number of hydrogen-bond acceptors (Lipinski definition) is 2. The number of hydrogen-bond donors (Lipinski definition) is 2. The van der Waals surface area contributed by atoms with E-state index in [1.165, 1.54) is 12.1 Å². The van der Waals surface area contributed by atoms with Gasteiger partial charge in [0.2, 0.25) is 0 Å². The molecule has 2 aromatic carbocycles. The molecule has 2 amide bonds. The zero-order valence-corrected chi connectivity index (χ0v) is 14.0. The van der Waals surface area contributed by atoms with E-state index in [1.54, 1.807) is 29.1 Å². The summed E-state index contributed by atoms with van der Waals surface area (Å²) in [6.45, 7) is 1.98. The molecule has 0 aliphatic rings. The number of anilines is 1. The van der Waals surface area contributed by atoms with E-state index < -0.39 is 6.04 Å². The van der Waals surface area contributed by atoms with Crippen LogP contribution < -0.4 is 10.6 Å². The molecule has 0 radical (unpaired) electrons. The summed E-state index contributed by atoms with van der Waals surface area (Å²) in [6, 6.07) is 12.7. The number of halogens is 1. The fourth-order valence-corrected chi connectivity index (χ4v) is 2.57. The van der Waals surface area contributed by atoms with Gasteiger partial charge in [0.25, 0.3) is 0 Å². The standard InChI is InChI=1S/C19H19FN4O/c1-13-6-8-16(9-7-13)22-19(25)23-17(18-21-10-11-24(18)2)14-4-3-5-15(20)12-14/h3-12,17H,1-2H3,(H2,22,23,25)/t17-/m0/s1. The highest BCUT2D eigenvalue weighted by atomic mass is 19.1. The summed E-state index contributed by atoms with van der Waals surface area (Å²) in [5.41, 5.74) is 2.41. The van der Waals surface area contributed by atoms with E-state index in [0.717, 1.165) is 5.56 Å². The molecule has 1 atom stereocenters. The van der Waals surface area contributed by atoms with Gasteiger partial charge in [-0.1, -0.05) is 29.8 Å². The van der Waals surface area contributed by atoms with Crippen LogP contribution in [0.15, 0.2) is 60.9 Å². The molecular weight excluding hydrogens is 319 g/mol. The highest BCUT2D eigenvalue weighted by molar-refractivity contribution is 5.89. The Labute approximate surface area is 145 Å². The zero-order chi connectivity index (χ0) is 17.8. The Morgan fingerprint density at radius 1 is 1.20 bits per heavy atom. The van der Waals surface area contributed by atoms with Crippen LogP contribution in [0.25, 0.3) is 0 Å². The van der Waals surface area contributed by atoms with Gasteiger partial charge in [0.1, 0.15) is 17.7 Å². The lowest BCUT2D eigenvalue weighted by molar-refractivity contribution is 0.249. The van der Waals surface area contributed by atoms with Crippen LogP contribution in [-0.4, -0.2) is 15.6 Å². The van der Waals surface area contributed by atoms with Gasteiger partial charge in [-0.3, -0.25) is 0 Å². The first kappa shape index (κ1) is 16.7. The van der Waals surface area contributed by atoms with Crippen LogP contribution in [0.4, 0.5) is 14.9 Å². The number of nitrogens with zero attached hydrogens (tertiary/aromatic N) is 2.